The van der Waals surface area contributed by atoms with Gasteiger partial charge in [-0.25, -0.2) is 4.79 Å². The maximum Gasteiger partial charge on any atom is 0.344 e. The number of para-hydroxylation sites is 1. The van der Waals surface area contributed by atoms with Crippen LogP contribution in [0.2, 0.25) is 0 Å². The predicted molar refractivity (Wildman–Crippen MR) is 148 cm³/mol. The van der Waals surface area contributed by atoms with Crippen LogP contribution in [0.15, 0.2) is 75.6 Å². The monoisotopic (exact) mass is 563 g/mol. The van der Waals surface area contributed by atoms with Crippen molar-refractivity contribution in [3.63, 3.8) is 0 Å². The fraction of sp³-hybridized carbons (Fsp3) is 0.267. The second-order valence-electron chi connectivity index (χ2n) is 9.10. The van der Waals surface area contributed by atoms with Crippen molar-refractivity contribution in [1.82, 2.24) is 4.90 Å². The number of aryl methyl sites for hydroxylation is 1. The molecule has 0 radical (unpaired) electrons. The highest BCUT2D eigenvalue weighted by molar-refractivity contribution is 9.10. The Labute approximate surface area is 225 Å². The number of nitrogens with zero attached hydrogens (tertiary/aromatic N) is 1. The fourth-order valence-electron chi connectivity index (χ4n) is 4.20. The molecular formula is C30H30BrNO5. The molecule has 6 nitrogen and oxygen atoms in total. The summed E-state index contributed by atoms with van der Waals surface area (Å²) in [6, 6.07) is 21.3. The molecule has 0 aliphatic heterocycles. The van der Waals surface area contributed by atoms with Crippen molar-refractivity contribution >= 4 is 38.8 Å². The van der Waals surface area contributed by atoms with Crippen LogP contribution >= 0.6 is 15.9 Å². The van der Waals surface area contributed by atoms with Crippen molar-refractivity contribution in [2.75, 3.05) is 7.05 Å². The maximum absolute atomic E-state index is 13.5. The summed E-state index contributed by atoms with van der Waals surface area (Å²) in [5.74, 6) is 0.162. The number of furan rings is 1. The lowest BCUT2D eigenvalue weighted by Crippen LogP contribution is -2.26. The largest absolute Gasteiger partial charge is 0.479 e. The number of rotatable bonds is 10. The van der Waals surface area contributed by atoms with Crippen molar-refractivity contribution in [1.29, 1.82) is 0 Å². The van der Waals surface area contributed by atoms with Gasteiger partial charge < -0.3 is 19.2 Å². The summed E-state index contributed by atoms with van der Waals surface area (Å²) < 4.78 is 12.2. The van der Waals surface area contributed by atoms with Crippen LogP contribution < -0.4 is 4.74 Å². The first-order chi connectivity index (χ1) is 17.8. The van der Waals surface area contributed by atoms with E-state index in [1.165, 1.54) is 6.92 Å². The summed E-state index contributed by atoms with van der Waals surface area (Å²) in [6.45, 7) is 4.08. The first-order valence-electron chi connectivity index (χ1n) is 12.3. The van der Waals surface area contributed by atoms with Crippen molar-refractivity contribution < 1.29 is 23.8 Å². The topological polar surface area (TPSA) is 80.0 Å². The second kappa shape index (κ2) is 11.6. The van der Waals surface area contributed by atoms with Crippen LogP contribution in [0.4, 0.5) is 0 Å². The molecule has 1 amide bonds. The maximum atomic E-state index is 13.5. The Morgan fingerprint density at radius 1 is 1.05 bits per heavy atom. The SMILES string of the molecule is CCCCc1oc2ccccc2c1C(=O)N(C)Cc1ccc(-c2ccc(OC(C)C(=O)O)c(Br)c2)cc1. The van der Waals surface area contributed by atoms with Crippen molar-refractivity contribution in [2.45, 2.75) is 45.8 Å². The summed E-state index contributed by atoms with van der Waals surface area (Å²) in [7, 11) is 1.82. The molecule has 0 bridgehead atoms. The van der Waals surface area contributed by atoms with Gasteiger partial charge in [0.15, 0.2) is 6.10 Å². The minimum absolute atomic E-state index is 0.0461. The number of fused-ring (bicyclic) bond motifs is 1. The van der Waals surface area contributed by atoms with E-state index in [4.69, 9.17) is 14.3 Å². The summed E-state index contributed by atoms with van der Waals surface area (Å²) in [5.41, 5.74) is 4.38. The molecule has 4 rings (SSSR count). The average molecular weight is 564 g/mol. The molecule has 0 aliphatic carbocycles. The number of benzene rings is 3. The zero-order valence-corrected chi connectivity index (χ0v) is 22.7. The third-order valence-electron chi connectivity index (χ3n) is 6.28. The molecule has 0 aliphatic rings. The third kappa shape index (κ3) is 6.05. The molecule has 0 saturated carbocycles. The number of carbonyl (C=O) groups excluding carboxylic acids is 1. The molecule has 4 aromatic rings. The van der Waals surface area contributed by atoms with Crippen molar-refractivity contribution in [2.24, 2.45) is 0 Å². The van der Waals surface area contributed by atoms with Gasteiger partial charge in [-0.3, -0.25) is 4.79 Å². The van der Waals surface area contributed by atoms with E-state index in [0.717, 1.165) is 52.7 Å². The number of carboxylic acid groups (broad SMARTS) is 1. The highest BCUT2D eigenvalue weighted by Crippen LogP contribution is 2.32. The molecule has 192 valence electrons. The van der Waals surface area contributed by atoms with Gasteiger partial charge in [0, 0.05) is 25.4 Å². The van der Waals surface area contributed by atoms with E-state index in [0.29, 0.717) is 22.3 Å². The van der Waals surface area contributed by atoms with E-state index in [1.807, 2.05) is 67.7 Å². The number of carboxylic acids is 1. The van der Waals surface area contributed by atoms with Gasteiger partial charge in [-0.15, -0.1) is 0 Å². The Bertz CT molecular complexity index is 1410. The Morgan fingerprint density at radius 2 is 1.76 bits per heavy atom. The van der Waals surface area contributed by atoms with Crippen LogP contribution in [-0.2, 0) is 17.8 Å². The Morgan fingerprint density at radius 3 is 2.43 bits per heavy atom. The molecule has 1 unspecified atom stereocenters. The zero-order chi connectivity index (χ0) is 26.5. The van der Waals surface area contributed by atoms with Crippen LogP contribution in [0.1, 0.15) is 48.4 Å². The highest BCUT2D eigenvalue weighted by atomic mass is 79.9. The second-order valence-corrected chi connectivity index (χ2v) is 9.96. The van der Waals surface area contributed by atoms with E-state index < -0.39 is 12.1 Å². The molecule has 0 saturated heterocycles. The number of unbranched alkanes of at least 4 members (excludes halogenated alkanes) is 1. The van der Waals surface area contributed by atoms with E-state index in [9.17, 15) is 9.59 Å². The molecule has 1 heterocycles. The normalized spacial score (nSPS) is 11.9. The number of ether oxygens (including phenoxy) is 1. The molecular weight excluding hydrogens is 534 g/mol. The van der Waals surface area contributed by atoms with Gasteiger partial charge in [0.05, 0.1) is 10.0 Å². The fourth-order valence-corrected chi connectivity index (χ4v) is 4.67. The van der Waals surface area contributed by atoms with E-state index in [1.54, 1.807) is 11.0 Å². The zero-order valence-electron chi connectivity index (χ0n) is 21.2. The Kier molecular flexibility index (Phi) is 8.34. The van der Waals surface area contributed by atoms with Gasteiger partial charge in [0.1, 0.15) is 17.1 Å². The van der Waals surface area contributed by atoms with Gasteiger partial charge in [-0.05, 0) is 64.2 Å². The summed E-state index contributed by atoms with van der Waals surface area (Å²) in [4.78, 5) is 26.3. The average Bonchev–Trinajstić information content (AvgIpc) is 3.26. The number of hydrogen-bond donors (Lipinski definition) is 1. The molecule has 1 atom stereocenters. The van der Waals surface area contributed by atoms with E-state index >= 15 is 0 Å². The first kappa shape index (κ1) is 26.5. The molecule has 3 aromatic carbocycles. The Balaban J connectivity index is 1.49. The van der Waals surface area contributed by atoms with Gasteiger partial charge >= 0.3 is 5.97 Å². The predicted octanol–water partition coefficient (Wildman–Crippen LogP) is 7.33. The summed E-state index contributed by atoms with van der Waals surface area (Å²) in [5, 5.41) is 9.93. The Hall–Kier alpha value is -3.58. The lowest BCUT2D eigenvalue weighted by atomic mass is 10.0. The van der Waals surface area contributed by atoms with Crippen molar-refractivity contribution in [3.05, 3.63) is 88.1 Å². The lowest BCUT2D eigenvalue weighted by Gasteiger charge is -2.18. The van der Waals surface area contributed by atoms with Crippen LogP contribution in [0.3, 0.4) is 0 Å². The smallest absolute Gasteiger partial charge is 0.344 e. The summed E-state index contributed by atoms with van der Waals surface area (Å²) >= 11 is 3.47. The minimum atomic E-state index is -1.02. The standard InChI is InChI=1S/C30H30BrNO5/c1-4-5-9-27-28(23-8-6-7-10-25(23)37-27)29(33)32(3)18-20-11-13-21(14-12-20)22-15-16-26(24(31)17-22)36-19(2)30(34)35/h6-8,10-17,19H,4-5,9,18H2,1-3H3,(H,34,35). The van der Waals surface area contributed by atoms with Crippen LogP contribution in [0.5, 0.6) is 5.75 Å². The van der Waals surface area contributed by atoms with Crippen LogP contribution in [0, 0.1) is 0 Å². The van der Waals surface area contributed by atoms with Crippen LogP contribution in [-0.4, -0.2) is 35.0 Å². The summed E-state index contributed by atoms with van der Waals surface area (Å²) in [6.07, 6.45) is 1.79. The minimum Gasteiger partial charge on any atom is -0.479 e. The number of halogens is 1. The van der Waals surface area contributed by atoms with Gasteiger partial charge in [0.25, 0.3) is 5.91 Å². The highest BCUT2D eigenvalue weighted by Gasteiger charge is 2.23. The number of amides is 1. The van der Waals surface area contributed by atoms with Crippen molar-refractivity contribution in [3.8, 4) is 16.9 Å². The number of aliphatic carboxylic acids is 1. The van der Waals surface area contributed by atoms with Crippen LogP contribution in [0.25, 0.3) is 22.1 Å². The number of carbonyl (C=O) groups is 2. The lowest BCUT2D eigenvalue weighted by molar-refractivity contribution is -0.144. The molecule has 0 spiro atoms. The number of hydrogen-bond acceptors (Lipinski definition) is 4. The molecule has 37 heavy (non-hydrogen) atoms. The molecule has 1 aromatic heterocycles. The third-order valence-corrected chi connectivity index (χ3v) is 6.90. The van der Waals surface area contributed by atoms with Gasteiger partial charge in [-0.2, -0.15) is 0 Å². The first-order valence-corrected chi connectivity index (χ1v) is 13.1. The van der Waals surface area contributed by atoms with Gasteiger partial charge in [0.2, 0.25) is 0 Å². The quantitative estimate of drug-likeness (QED) is 0.218. The molecule has 0 fully saturated rings. The van der Waals surface area contributed by atoms with E-state index in [-0.39, 0.29) is 5.91 Å². The van der Waals surface area contributed by atoms with E-state index in [2.05, 4.69) is 22.9 Å². The molecule has 1 N–H and O–H groups in total. The molecule has 7 heteroatoms. The van der Waals surface area contributed by atoms with Gasteiger partial charge in [-0.1, -0.05) is 61.9 Å².